The molecule has 2 aromatic rings. The van der Waals surface area contributed by atoms with E-state index >= 15 is 0 Å². The minimum Gasteiger partial charge on any atom is -0.450 e. The molecule has 1 aromatic carbocycles. The Bertz CT molecular complexity index is 666. The number of hydrogen-bond donors (Lipinski definition) is 2. The Morgan fingerprint density at radius 3 is 2.62 bits per heavy atom. The van der Waals surface area contributed by atoms with E-state index in [1.54, 1.807) is 0 Å². The van der Waals surface area contributed by atoms with Gasteiger partial charge in [-0.2, -0.15) is 0 Å². The van der Waals surface area contributed by atoms with Crippen LogP contribution in [0.1, 0.15) is 47.4 Å². The van der Waals surface area contributed by atoms with Crippen LogP contribution in [0.3, 0.4) is 0 Å². The molecule has 4 nitrogen and oxygen atoms in total. The summed E-state index contributed by atoms with van der Waals surface area (Å²) in [7, 11) is 0. The van der Waals surface area contributed by atoms with Crippen molar-refractivity contribution in [1.29, 1.82) is 0 Å². The Hall–Kier alpha value is -1.81. The predicted octanol–water partition coefficient (Wildman–Crippen LogP) is 3.08. The molecule has 21 heavy (non-hydrogen) atoms. The number of hydrogen-bond acceptors (Lipinski definition) is 3. The fourth-order valence-electron chi connectivity index (χ4n) is 3.07. The van der Waals surface area contributed by atoms with Gasteiger partial charge in [0.25, 0.3) is 5.91 Å². The van der Waals surface area contributed by atoms with E-state index < -0.39 is 0 Å². The monoisotopic (exact) mass is 287 g/mol. The van der Waals surface area contributed by atoms with E-state index in [-0.39, 0.29) is 18.1 Å². The highest BCUT2D eigenvalue weighted by molar-refractivity contribution is 5.99. The standard InChI is InChI=1S/C17H21NO3/c1-10-4-3-5-14-11(2)16(21-15(10)14)17(20)18-12-6-8-13(19)9-7-12/h3-5,12-13,19H,6-9H2,1-2H3,(H,18,20). The number of carbonyl (C=O) groups excluding carboxylic acids is 1. The fourth-order valence-corrected chi connectivity index (χ4v) is 3.07. The van der Waals surface area contributed by atoms with Gasteiger partial charge in [-0.15, -0.1) is 0 Å². The molecule has 1 aliphatic rings. The number of benzene rings is 1. The summed E-state index contributed by atoms with van der Waals surface area (Å²) in [5.41, 5.74) is 2.72. The van der Waals surface area contributed by atoms with Crippen LogP contribution >= 0.6 is 0 Å². The Kier molecular flexibility index (Phi) is 3.72. The number of furan rings is 1. The average Bonchev–Trinajstić information content (AvgIpc) is 2.81. The van der Waals surface area contributed by atoms with Crippen LogP contribution in [0.2, 0.25) is 0 Å². The maximum absolute atomic E-state index is 12.4. The van der Waals surface area contributed by atoms with Gasteiger partial charge in [0.15, 0.2) is 5.76 Å². The van der Waals surface area contributed by atoms with Crippen LogP contribution in [0.15, 0.2) is 22.6 Å². The van der Waals surface area contributed by atoms with Crippen LogP contribution in [0.4, 0.5) is 0 Å². The fraction of sp³-hybridized carbons (Fsp3) is 0.471. The molecule has 1 aliphatic carbocycles. The van der Waals surface area contributed by atoms with Gasteiger partial charge in [-0.25, -0.2) is 0 Å². The van der Waals surface area contributed by atoms with Gasteiger partial charge >= 0.3 is 0 Å². The van der Waals surface area contributed by atoms with Crippen LogP contribution in [0, 0.1) is 13.8 Å². The van der Waals surface area contributed by atoms with Crippen LogP contribution in [-0.2, 0) is 0 Å². The van der Waals surface area contributed by atoms with Crippen molar-refractivity contribution in [1.82, 2.24) is 5.32 Å². The van der Waals surface area contributed by atoms with Gasteiger partial charge in [0.05, 0.1) is 6.10 Å². The first-order valence-electron chi connectivity index (χ1n) is 7.54. The second-order valence-electron chi connectivity index (χ2n) is 5.99. The summed E-state index contributed by atoms with van der Waals surface area (Å²) >= 11 is 0. The molecule has 0 saturated heterocycles. The van der Waals surface area contributed by atoms with Gasteiger partial charge in [-0.1, -0.05) is 18.2 Å². The molecular formula is C17H21NO3. The maximum atomic E-state index is 12.4. The number of aryl methyl sites for hydroxylation is 2. The molecule has 0 radical (unpaired) electrons. The summed E-state index contributed by atoms with van der Waals surface area (Å²) in [6, 6.07) is 6.07. The first kappa shape index (κ1) is 14.1. The van der Waals surface area contributed by atoms with Crippen LogP contribution in [-0.4, -0.2) is 23.2 Å². The molecular weight excluding hydrogens is 266 g/mol. The lowest BCUT2D eigenvalue weighted by Crippen LogP contribution is -2.38. The minimum atomic E-state index is -0.214. The molecule has 0 atom stereocenters. The van der Waals surface area contributed by atoms with Gasteiger partial charge in [0.1, 0.15) is 5.58 Å². The Balaban J connectivity index is 1.82. The lowest BCUT2D eigenvalue weighted by molar-refractivity contribution is 0.0844. The predicted molar refractivity (Wildman–Crippen MR) is 81.4 cm³/mol. The molecule has 1 saturated carbocycles. The van der Waals surface area contributed by atoms with E-state index in [9.17, 15) is 9.90 Å². The number of nitrogens with one attached hydrogen (secondary N) is 1. The summed E-state index contributed by atoms with van der Waals surface area (Å²) in [6.45, 7) is 3.90. The zero-order chi connectivity index (χ0) is 15.0. The maximum Gasteiger partial charge on any atom is 0.287 e. The van der Waals surface area contributed by atoms with E-state index in [1.807, 2.05) is 32.0 Å². The summed E-state index contributed by atoms with van der Waals surface area (Å²) < 4.78 is 5.79. The Labute approximate surface area is 124 Å². The number of para-hydroxylation sites is 1. The SMILES string of the molecule is Cc1c(C(=O)NC2CCC(O)CC2)oc2c(C)cccc12. The van der Waals surface area contributed by atoms with Crippen molar-refractivity contribution in [2.45, 2.75) is 51.7 Å². The van der Waals surface area contributed by atoms with Gasteiger partial charge < -0.3 is 14.8 Å². The molecule has 0 aliphatic heterocycles. The third kappa shape index (κ3) is 2.68. The van der Waals surface area contributed by atoms with Crippen molar-refractivity contribution in [2.24, 2.45) is 0 Å². The third-order valence-corrected chi connectivity index (χ3v) is 4.40. The summed E-state index contributed by atoms with van der Waals surface area (Å²) in [5, 5.41) is 13.5. The Morgan fingerprint density at radius 2 is 1.95 bits per heavy atom. The highest BCUT2D eigenvalue weighted by atomic mass is 16.3. The van der Waals surface area contributed by atoms with Crippen LogP contribution in [0.5, 0.6) is 0 Å². The number of fused-ring (bicyclic) bond motifs is 1. The van der Waals surface area contributed by atoms with Crippen molar-refractivity contribution >= 4 is 16.9 Å². The van der Waals surface area contributed by atoms with E-state index in [0.29, 0.717) is 5.76 Å². The molecule has 4 heteroatoms. The molecule has 0 unspecified atom stereocenters. The quantitative estimate of drug-likeness (QED) is 0.892. The lowest BCUT2D eigenvalue weighted by Gasteiger charge is -2.25. The zero-order valence-corrected chi connectivity index (χ0v) is 12.5. The molecule has 0 spiro atoms. The number of aliphatic hydroxyl groups is 1. The second-order valence-corrected chi connectivity index (χ2v) is 5.99. The van der Waals surface area contributed by atoms with Crippen molar-refractivity contribution in [2.75, 3.05) is 0 Å². The Morgan fingerprint density at radius 1 is 1.24 bits per heavy atom. The van der Waals surface area contributed by atoms with E-state index in [1.165, 1.54) is 0 Å². The second kappa shape index (κ2) is 5.53. The van der Waals surface area contributed by atoms with Crippen molar-refractivity contribution in [3.05, 3.63) is 35.1 Å². The third-order valence-electron chi connectivity index (χ3n) is 4.40. The van der Waals surface area contributed by atoms with Crippen molar-refractivity contribution in [3.8, 4) is 0 Å². The zero-order valence-electron chi connectivity index (χ0n) is 12.5. The normalized spacial score (nSPS) is 22.4. The lowest BCUT2D eigenvalue weighted by atomic mass is 9.93. The molecule has 2 N–H and O–H groups in total. The molecule has 1 heterocycles. The van der Waals surface area contributed by atoms with Crippen LogP contribution < -0.4 is 5.32 Å². The van der Waals surface area contributed by atoms with Gasteiger partial charge in [0, 0.05) is 17.0 Å². The van der Waals surface area contributed by atoms with E-state index in [0.717, 1.165) is 47.8 Å². The van der Waals surface area contributed by atoms with Gasteiger partial charge in [0.2, 0.25) is 0 Å². The molecule has 1 fully saturated rings. The molecule has 0 bridgehead atoms. The highest BCUT2D eigenvalue weighted by Gasteiger charge is 2.24. The number of aliphatic hydroxyl groups excluding tert-OH is 1. The van der Waals surface area contributed by atoms with Crippen molar-refractivity contribution < 1.29 is 14.3 Å². The van der Waals surface area contributed by atoms with Gasteiger partial charge in [-0.05, 0) is 45.1 Å². The van der Waals surface area contributed by atoms with E-state index in [2.05, 4.69) is 5.32 Å². The van der Waals surface area contributed by atoms with E-state index in [4.69, 9.17) is 4.42 Å². The average molecular weight is 287 g/mol. The number of rotatable bonds is 2. The van der Waals surface area contributed by atoms with Crippen LogP contribution in [0.25, 0.3) is 11.0 Å². The first-order chi connectivity index (χ1) is 10.1. The molecule has 1 amide bonds. The van der Waals surface area contributed by atoms with Crippen molar-refractivity contribution in [3.63, 3.8) is 0 Å². The summed E-state index contributed by atoms with van der Waals surface area (Å²) in [6.07, 6.45) is 2.94. The van der Waals surface area contributed by atoms with Gasteiger partial charge in [-0.3, -0.25) is 4.79 Å². The molecule has 1 aromatic heterocycles. The summed E-state index contributed by atoms with van der Waals surface area (Å²) in [4.78, 5) is 12.4. The molecule has 112 valence electrons. The summed E-state index contributed by atoms with van der Waals surface area (Å²) in [5.74, 6) is 0.259. The number of amides is 1. The smallest absolute Gasteiger partial charge is 0.287 e. The highest BCUT2D eigenvalue weighted by Crippen LogP contribution is 2.28. The largest absolute Gasteiger partial charge is 0.450 e. The topological polar surface area (TPSA) is 62.5 Å². The first-order valence-corrected chi connectivity index (χ1v) is 7.54. The minimum absolute atomic E-state index is 0.134. The molecule has 3 rings (SSSR count). The number of carbonyl (C=O) groups is 1.